The number of aliphatic hydroxyl groups is 1. The summed E-state index contributed by atoms with van der Waals surface area (Å²) in [6.07, 6.45) is 4.70. The third-order valence-electron chi connectivity index (χ3n) is 3.92. The summed E-state index contributed by atoms with van der Waals surface area (Å²) >= 11 is 0. The van der Waals surface area contributed by atoms with E-state index in [1.165, 1.54) is 6.42 Å². The van der Waals surface area contributed by atoms with Gasteiger partial charge in [-0.05, 0) is 25.3 Å². The zero-order chi connectivity index (χ0) is 15.1. The number of amides is 1. The molecule has 1 amide bonds. The number of rotatable bonds is 5. The summed E-state index contributed by atoms with van der Waals surface area (Å²) in [5.41, 5.74) is 0.978. The Balaban J connectivity index is 1.93. The van der Waals surface area contributed by atoms with Crippen LogP contribution in [0, 0.1) is 0 Å². The SMILES string of the molecule is CC(O)CN(C(=O)OCc1ccccc1)C1CCCCC1. The zero-order valence-electron chi connectivity index (χ0n) is 12.7. The largest absolute Gasteiger partial charge is 0.445 e. The van der Waals surface area contributed by atoms with Gasteiger partial charge in [-0.2, -0.15) is 0 Å². The molecule has 0 aromatic heterocycles. The molecule has 0 radical (unpaired) electrons. The second-order valence-corrected chi connectivity index (χ2v) is 5.83. The Morgan fingerprint density at radius 2 is 1.95 bits per heavy atom. The summed E-state index contributed by atoms with van der Waals surface area (Å²) in [6, 6.07) is 9.87. The summed E-state index contributed by atoms with van der Waals surface area (Å²) in [5, 5.41) is 9.64. The number of aliphatic hydroxyl groups excluding tert-OH is 1. The van der Waals surface area contributed by atoms with Gasteiger partial charge in [-0.1, -0.05) is 49.6 Å². The molecule has 1 aromatic carbocycles. The minimum atomic E-state index is -0.531. The van der Waals surface area contributed by atoms with Crippen LogP contribution in [0.4, 0.5) is 4.79 Å². The van der Waals surface area contributed by atoms with Crippen LogP contribution < -0.4 is 0 Å². The highest BCUT2D eigenvalue weighted by Gasteiger charge is 2.27. The fourth-order valence-electron chi connectivity index (χ4n) is 2.85. The van der Waals surface area contributed by atoms with Gasteiger partial charge in [0.15, 0.2) is 0 Å². The van der Waals surface area contributed by atoms with Gasteiger partial charge < -0.3 is 14.7 Å². The van der Waals surface area contributed by atoms with Crippen molar-refractivity contribution < 1.29 is 14.6 Å². The predicted molar refractivity (Wildman–Crippen MR) is 81.9 cm³/mol. The molecule has 1 saturated carbocycles. The molecular weight excluding hydrogens is 266 g/mol. The summed E-state index contributed by atoms with van der Waals surface area (Å²) in [4.78, 5) is 14.1. The van der Waals surface area contributed by atoms with Crippen LogP contribution in [0.5, 0.6) is 0 Å². The summed E-state index contributed by atoms with van der Waals surface area (Å²) in [5.74, 6) is 0. The van der Waals surface area contributed by atoms with Crippen LogP contribution in [-0.4, -0.2) is 34.8 Å². The quantitative estimate of drug-likeness (QED) is 0.905. The Labute approximate surface area is 126 Å². The van der Waals surface area contributed by atoms with E-state index in [1.54, 1.807) is 11.8 Å². The smallest absolute Gasteiger partial charge is 0.410 e. The van der Waals surface area contributed by atoms with Crippen molar-refractivity contribution in [3.05, 3.63) is 35.9 Å². The third-order valence-corrected chi connectivity index (χ3v) is 3.92. The van der Waals surface area contributed by atoms with Gasteiger partial charge in [-0.3, -0.25) is 0 Å². The molecule has 0 spiro atoms. The second kappa shape index (κ2) is 8.03. The standard InChI is InChI=1S/C17H25NO3/c1-14(19)12-18(16-10-6-3-7-11-16)17(20)21-13-15-8-4-2-5-9-15/h2,4-5,8-9,14,16,19H,3,6-7,10-13H2,1H3. The molecule has 0 bridgehead atoms. The first-order chi connectivity index (χ1) is 10.2. The van der Waals surface area contributed by atoms with Crippen LogP contribution in [-0.2, 0) is 11.3 Å². The molecule has 1 aliphatic rings. The first kappa shape index (κ1) is 15.8. The van der Waals surface area contributed by atoms with E-state index in [-0.39, 0.29) is 18.7 Å². The molecule has 0 heterocycles. The van der Waals surface area contributed by atoms with Gasteiger partial charge in [0.25, 0.3) is 0 Å². The van der Waals surface area contributed by atoms with E-state index < -0.39 is 6.10 Å². The fourth-order valence-corrected chi connectivity index (χ4v) is 2.85. The third kappa shape index (κ3) is 5.05. The number of carbonyl (C=O) groups is 1. The van der Waals surface area contributed by atoms with E-state index in [2.05, 4.69) is 0 Å². The van der Waals surface area contributed by atoms with Crippen LogP contribution in [0.1, 0.15) is 44.6 Å². The van der Waals surface area contributed by atoms with Gasteiger partial charge in [0.05, 0.1) is 6.10 Å². The number of nitrogens with zero attached hydrogens (tertiary/aromatic N) is 1. The highest BCUT2D eigenvalue weighted by Crippen LogP contribution is 2.23. The molecule has 1 aliphatic carbocycles. The van der Waals surface area contributed by atoms with Gasteiger partial charge in [0.2, 0.25) is 0 Å². The Morgan fingerprint density at radius 3 is 2.57 bits per heavy atom. The molecule has 1 fully saturated rings. The number of ether oxygens (including phenoxy) is 1. The van der Waals surface area contributed by atoms with Gasteiger partial charge in [0.1, 0.15) is 6.61 Å². The van der Waals surface area contributed by atoms with E-state index in [0.717, 1.165) is 31.2 Å². The van der Waals surface area contributed by atoms with Gasteiger partial charge >= 0.3 is 6.09 Å². The Hall–Kier alpha value is -1.55. The lowest BCUT2D eigenvalue weighted by molar-refractivity contribution is 0.0476. The summed E-state index contributed by atoms with van der Waals surface area (Å²) in [6.45, 7) is 2.33. The van der Waals surface area contributed by atoms with Crippen molar-refractivity contribution >= 4 is 6.09 Å². The molecule has 2 rings (SSSR count). The van der Waals surface area contributed by atoms with Crippen molar-refractivity contribution in [2.45, 2.75) is 57.8 Å². The molecule has 0 saturated heterocycles. The molecule has 4 nitrogen and oxygen atoms in total. The maximum atomic E-state index is 12.3. The molecule has 116 valence electrons. The summed E-state index contributed by atoms with van der Waals surface area (Å²) in [7, 11) is 0. The van der Waals surface area contributed by atoms with E-state index >= 15 is 0 Å². The second-order valence-electron chi connectivity index (χ2n) is 5.83. The highest BCUT2D eigenvalue weighted by molar-refractivity contribution is 5.68. The van der Waals surface area contributed by atoms with Gasteiger partial charge in [-0.15, -0.1) is 0 Å². The number of carbonyl (C=O) groups excluding carboxylic acids is 1. The Kier molecular flexibility index (Phi) is 6.05. The average molecular weight is 291 g/mol. The van der Waals surface area contributed by atoms with Crippen molar-refractivity contribution in [3.8, 4) is 0 Å². The maximum Gasteiger partial charge on any atom is 0.410 e. The Bertz CT molecular complexity index is 427. The van der Waals surface area contributed by atoms with Gasteiger partial charge in [0, 0.05) is 12.6 Å². The number of hydrogen-bond acceptors (Lipinski definition) is 3. The lowest BCUT2D eigenvalue weighted by Crippen LogP contribution is -2.45. The van der Waals surface area contributed by atoms with Crippen LogP contribution in [0.15, 0.2) is 30.3 Å². The van der Waals surface area contributed by atoms with Crippen molar-refractivity contribution in [1.82, 2.24) is 4.90 Å². The fraction of sp³-hybridized carbons (Fsp3) is 0.588. The molecule has 4 heteroatoms. The molecule has 21 heavy (non-hydrogen) atoms. The van der Waals surface area contributed by atoms with Crippen LogP contribution in [0.2, 0.25) is 0 Å². The molecule has 1 unspecified atom stereocenters. The normalized spacial score (nSPS) is 17.2. The van der Waals surface area contributed by atoms with Crippen molar-refractivity contribution in [3.63, 3.8) is 0 Å². The minimum absolute atomic E-state index is 0.205. The van der Waals surface area contributed by atoms with Crippen LogP contribution in [0.25, 0.3) is 0 Å². The van der Waals surface area contributed by atoms with E-state index in [9.17, 15) is 9.90 Å². The molecule has 1 N–H and O–H groups in total. The zero-order valence-corrected chi connectivity index (χ0v) is 12.7. The van der Waals surface area contributed by atoms with Gasteiger partial charge in [-0.25, -0.2) is 4.79 Å². The first-order valence-electron chi connectivity index (χ1n) is 7.82. The lowest BCUT2D eigenvalue weighted by atomic mass is 9.94. The maximum absolute atomic E-state index is 12.3. The summed E-state index contributed by atoms with van der Waals surface area (Å²) < 4.78 is 5.42. The van der Waals surface area contributed by atoms with E-state index in [1.807, 2.05) is 30.3 Å². The first-order valence-corrected chi connectivity index (χ1v) is 7.82. The molecule has 0 aliphatic heterocycles. The van der Waals surface area contributed by atoms with E-state index in [0.29, 0.717) is 6.54 Å². The molecule has 1 aromatic rings. The number of hydrogen-bond donors (Lipinski definition) is 1. The van der Waals surface area contributed by atoms with Crippen molar-refractivity contribution in [2.75, 3.05) is 6.54 Å². The van der Waals surface area contributed by atoms with Crippen molar-refractivity contribution in [1.29, 1.82) is 0 Å². The molecule has 1 atom stereocenters. The van der Waals surface area contributed by atoms with E-state index in [4.69, 9.17) is 4.74 Å². The minimum Gasteiger partial charge on any atom is -0.445 e. The molecular formula is C17H25NO3. The van der Waals surface area contributed by atoms with Crippen LogP contribution >= 0.6 is 0 Å². The highest BCUT2D eigenvalue weighted by atomic mass is 16.6. The van der Waals surface area contributed by atoms with Crippen LogP contribution in [0.3, 0.4) is 0 Å². The monoisotopic (exact) mass is 291 g/mol. The average Bonchev–Trinajstić information content (AvgIpc) is 2.52. The Morgan fingerprint density at radius 1 is 1.29 bits per heavy atom. The predicted octanol–water partition coefficient (Wildman–Crippen LogP) is 3.34. The lowest BCUT2D eigenvalue weighted by Gasteiger charge is -2.34. The number of benzene rings is 1. The van der Waals surface area contributed by atoms with Crippen molar-refractivity contribution in [2.24, 2.45) is 0 Å². The topological polar surface area (TPSA) is 49.8 Å².